The van der Waals surface area contributed by atoms with Crippen LogP contribution in [-0.4, -0.2) is 128 Å². The number of thioether (sulfide) groups is 1. The molecule has 2 aromatic heterocycles. The average molecular weight is 1200 g/mol. The fourth-order valence-corrected chi connectivity index (χ4v) is 12.4. The van der Waals surface area contributed by atoms with Crippen molar-refractivity contribution in [3.63, 3.8) is 0 Å². The molecule has 10 N–H and O–H groups in total. The SMILES string of the molecule is CC(C)CCCCCCCCCCCCCCCCCCCCCCCC(=O)CC(=O)SCCNC(=O)CCNC(=O)[C@@H](O)C(C)(C)COP(=O)(O)OP(=O)(O)OC[C@@H]1O[C@H](n2cnc3c(N)ncnc32)[C@@H](O)[C@H]1OP(=O)(O)O. The Balaban J connectivity index is 1.19. The Morgan fingerprint density at radius 2 is 1.29 bits per heavy atom. The van der Waals surface area contributed by atoms with Crippen molar-refractivity contribution in [1.29, 1.82) is 0 Å². The van der Waals surface area contributed by atoms with Crippen LogP contribution in [0.4, 0.5) is 5.82 Å². The molecule has 2 aromatic rings. The number of imidazole rings is 1. The van der Waals surface area contributed by atoms with E-state index >= 15 is 0 Å². The first-order valence-corrected chi connectivity index (χ1v) is 33.4. The van der Waals surface area contributed by atoms with Crippen LogP contribution in [0.3, 0.4) is 0 Å². The van der Waals surface area contributed by atoms with Crippen LogP contribution < -0.4 is 16.4 Å². The van der Waals surface area contributed by atoms with Gasteiger partial charge in [0.15, 0.2) is 22.8 Å². The molecular weight excluding hydrogens is 1110 g/mol. The van der Waals surface area contributed by atoms with Gasteiger partial charge in [0.05, 0.1) is 26.0 Å². The lowest BCUT2D eigenvalue weighted by Crippen LogP contribution is -2.46. The van der Waals surface area contributed by atoms with Crippen LogP contribution in [0, 0.1) is 11.3 Å². The highest BCUT2D eigenvalue weighted by molar-refractivity contribution is 8.13. The smallest absolute Gasteiger partial charge is 0.386 e. The number of phosphoric ester groups is 3. The summed E-state index contributed by atoms with van der Waals surface area (Å²) in [7, 11) is -16.5. The summed E-state index contributed by atoms with van der Waals surface area (Å²) in [6.45, 7) is 4.97. The van der Waals surface area contributed by atoms with E-state index in [-0.39, 0.29) is 59.6 Å². The molecule has 1 aliphatic heterocycles. The Bertz CT molecular complexity index is 2290. The number of amides is 2. The number of nitrogens with one attached hydrogen (secondary N) is 2. The van der Waals surface area contributed by atoms with Gasteiger partial charge in [-0.25, -0.2) is 28.6 Å². The number of aliphatic hydroxyl groups excluding tert-OH is 2. The van der Waals surface area contributed by atoms with Gasteiger partial charge in [-0.05, 0) is 12.3 Å². The van der Waals surface area contributed by atoms with E-state index in [2.05, 4.69) is 48.3 Å². The monoisotopic (exact) mass is 1200 g/mol. The van der Waals surface area contributed by atoms with Crippen molar-refractivity contribution in [2.75, 3.05) is 37.8 Å². The third-order valence-corrected chi connectivity index (χ3v) is 17.3. The van der Waals surface area contributed by atoms with Crippen molar-refractivity contribution in [2.24, 2.45) is 11.3 Å². The number of aromatic nitrogens is 4. The Morgan fingerprint density at radius 1 is 0.759 bits per heavy atom. The summed E-state index contributed by atoms with van der Waals surface area (Å²) in [6, 6.07) is 0. The largest absolute Gasteiger partial charge is 0.481 e. The summed E-state index contributed by atoms with van der Waals surface area (Å²) < 4.78 is 62.6. The Labute approximate surface area is 469 Å². The number of carbonyl (C=O) groups excluding carboxylic acids is 4. The van der Waals surface area contributed by atoms with Crippen molar-refractivity contribution < 1.29 is 85.3 Å². The standard InChI is InChI=1S/C50H90N7O18P3S/c1-37(2)26-24-22-20-18-16-14-12-10-8-6-5-7-9-11-13-15-17-19-21-23-25-27-38(58)32-41(60)79-31-30-52-40(59)28-29-53-48(63)45(62)50(3,4)34-72-78(69,70)75-77(67,68)71-33-39-44(74-76(64,65)66)43(61)49(73-39)57-36-56-42-46(51)54-35-55-47(42)57/h35-37,39,43-45,49,61-62H,5-34H2,1-4H3,(H,52,59)(H,53,63)(H,67,68)(H,69,70)(H2,51,54,55)(H2,64,65,66)/t39-,43-,44-,45+,49-/m0/s1. The number of phosphoric acid groups is 3. The van der Waals surface area contributed by atoms with Gasteiger partial charge in [0.1, 0.15) is 42.0 Å². The molecule has 3 rings (SSSR count). The molecule has 7 atom stereocenters. The molecule has 0 aromatic carbocycles. The Kier molecular flexibility index (Phi) is 32.8. The molecule has 1 saturated heterocycles. The number of anilines is 1. The Morgan fingerprint density at radius 3 is 1.84 bits per heavy atom. The van der Waals surface area contributed by atoms with Crippen molar-refractivity contribution in [1.82, 2.24) is 30.2 Å². The molecule has 2 amide bonds. The summed E-state index contributed by atoms with van der Waals surface area (Å²) >= 11 is 0.946. The number of aliphatic hydroxyl groups is 2. The normalized spacial score (nSPS) is 18.9. The second kappa shape index (κ2) is 36.7. The number of nitrogen functional groups attached to an aromatic ring is 1. The first kappa shape index (κ1) is 70.5. The number of unbranched alkanes of at least 4 members (excludes halogenated alkanes) is 20. The van der Waals surface area contributed by atoms with Crippen LogP contribution >= 0.6 is 35.2 Å². The quantitative estimate of drug-likeness (QED) is 0.0171. The minimum atomic E-state index is -5.59. The number of hydrogen-bond donors (Lipinski definition) is 9. The highest BCUT2D eigenvalue weighted by Crippen LogP contribution is 2.61. The van der Waals surface area contributed by atoms with Gasteiger partial charge >= 0.3 is 23.5 Å². The number of ether oxygens (including phenoxy) is 1. The Hall–Kier alpha value is -2.77. The maximum Gasteiger partial charge on any atom is 0.481 e. The molecule has 1 aliphatic rings. The van der Waals surface area contributed by atoms with Gasteiger partial charge < -0.3 is 50.9 Å². The summed E-state index contributed by atoms with van der Waals surface area (Å²) in [4.78, 5) is 101. The van der Waals surface area contributed by atoms with E-state index in [4.69, 9.17) is 19.5 Å². The van der Waals surface area contributed by atoms with Crippen molar-refractivity contribution in [3.8, 4) is 0 Å². The van der Waals surface area contributed by atoms with Crippen LogP contribution in [0.25, 0.3) is 11.2 Å². The van der Waals surface area contributed by atoms with Crippen molar-refractivity contribution in [3.05, 3.63) is 12.7 Å². The maximum absolute atomic E-state index is 12.8. The topological polar surface area (TPSA) is 381 Å². The first-order valence-electron chi connectivity index (χ1n) is 27.9. The van der Waals surface area contributed by atoms with Gasteiger partial charge in [-0.2, -0.15) is 4.31 Å². The summed E-state index contributed by atoms with van der Waals surface area (Å²) in [5.41, 5.74) is 4.26. The minimum absolute atomic E-state index is 0.0273. The number of Topliss-reactive ketones (excluding diaryl/α,β-unsaturated/α-hetero) is 1. The zero-order chi connectivity index (χ0) is 58.5. The number of fused-ring (bicyclic) bond motifs is 1. The number of hydrogen-bond acceptors (Lipinski definition) is 19. The lowest BCUT2D eigenvalue weighted by molar-refractivity contribution is -0.137. The van der Waals surface area contributed by atoms with E-state index < -0.39 is 84.6 Å². The molecule has 0 aliphatic carbocycles. The van der Waals surface area contributed by atoms with E-state index in [0.29, 0.717) is 6.42 Å². The maximum atomic E-state index is 12.8. The van der Waals surface area contributed by atoms with Crippen molar-refractivity contribution >= 4 is 74.9 Å². The van der Waals surface area contributed by atoms with E-state index in [1.54, 1.807) is 0 Å². The summed E-state index contributed by atoms with van der Waals surface area (Å²) in [6.07, 6.45) is 21.6. The molecular formula is C50H90N7O18P3S. The van der Waals surface area contributed by atoms with Gasteiger partial charge in [-0.15, -0.1) is 0 Å². The van der Waals surface area contributed by atoms with Crippen LogP contribution in [0.5, 0.6) is 0 Å². The van der Waals surface area contributed by atoms with E-state index in [9.17, 15) is 62.7 Å². The summed E-state index contributed by atoms with van der Waals surface area (Å²) in [5.74, 6) is -0.542. The lowest BCUT2D eigenvalue weighted by atomic mass is 9.87. The number of nitrogens with zero attached hydrogens (tertiary/aromatic N) is 4. The zero-order valence-electron chi connectivity index (χ0n) is 46.5. The molecule has 29 heteroatoms. The highest BCUT2D eigenvalue weighted by atomic mass is 32.2. The predicted octanol–water partition coefficient (Wildman–Crippen LogP) is 8.25. The molecule has 454 valence electrons. The van der Waals surface area contributed by atoms with Gasteiger partial charge in [-0.3, -0.25) is 37.3 Å². The molecule has 2 unspecified atom stereocenters. The van der Waals surface area contributed by atoms with Gasteiger partial charge in [0.25, 0.3) is 0 Å². The fourth-order valence-electron chi connectivity index (χ4n) is 8.83. The van der Waals surface area contributed by atoms with E-state index in [1.165, 1.54) is 129 Å². The minimum Gasteiger partial charge on any atom is -0.386 e. The molecule has 1 fully saturated rings. The second-order valence-corrected chi connectivity index (χ2v) is 26.8. The molecule has 0 saturated carbocycles. The number of ketones is 1. The van der Waals surface area contributed by atoms with Gasteiger partial charge in [-0.1, -0.05) is 174 Å². The number of rotatable bonds is 45. The number of nitrogens with two attached hydrogens (primary N) is 1. The molecule has 0 bridgehead atoms. The molecule has 3 heterocycles. The van der Waals surface area contributed by atoms with E-state index in [1.807, 2.05) is 0 Å². The summed E-state index contributed by atoms with van der Waals surface area (Å²) in [5, 5.41) is 26.3. The average Bonchev–Trinajstić information content (AvgIpc) is 4.14. The predicted molar refractivity (Wildman–Crippen MR) is 298 cm³/mol. The van der Waals surface area contributed by atoms with E-state index in [0.717, 1.165) is 60.6 Å². The highest BCUT2D eigenvalue weighted by Gasteiger charge is 2.50. The number of carbonyl (C=O) groups is 4. The second-order valence-electron chi connectivity index (χ2n) is 21.4. The van der Waals surface area contributed by atoms with Crippen LogP contribution in [-0.2, 0) is 55.5 Å². The molecule has 79 heavy (non-hydrogen) atoms. The molecule has 0 spiro atoms. The zero-order valence-corrected chi connectivity index (χ0v) is 50.0. The van der Waals surface area contributed by atoms with Gasteiger partial charge in [0, 0.05) is 37.1 Å². The third kappa shape index (κ3) is 29.4. The van der Waals surface area contributed by atoms with Crippen LogP contribution in [0.2, 0.25) is 0 Å². The van der Waals surface area contributed by atoms with Gasteiger partial charge in [0.2, 0.25) is 11.8 Å². The first-order chi connectivity index (χ1) is 37.3. The van der Waals surface area contributed by atoms with Crippen molar-refractivity contribution in [2.45, 2.75) is 219 Å². The fraction of sp³-hybridized carbons (Fsp3) is 0.820. The lowest BCUT2D eigenvalue weighted by Gasteiger charge is -2.30. The van der Waals surface area contributed by atoms with Crippen LogP contribution in [0.15, 0.2) is 12.7 Å². The molecule has 0 radical (unpaired) electrons. The third-order valence-electron chi connectivity index (χ3n) is 13.3. The molecule has 25 nitrogen and oxygen atoms in total. The van der Waals surface area contributed by atoms with Crippen LogP contribution in [0.1, 0.15) is 194 Å².